The molecule has 94 valence electrons. The van der Waals surface area contributed by atoms with Crippen molar-refractivity contribution in [2.45, 2.75) is 16.6 Å². The molecule has 0 saturated heterocycles. The van der Waals surface area contributed by atoms with Gasteiger partial charge in [0.15, 0.2) is 0 Å². The summed E-state index contributed by atoms with van der Waals surface area (Å²) in [5.41, 5.74) is 3.24. The molecule has 0 bridgehead atoms. The number of rotatable bonds is 3. The van der Waals surface area contributed by atoms with Crippen molar-refractivity contribution in [3.05, 3.63) is 59.7 Å². The number of anilines is 1. The number of benzene rings is 2. The summed E-state index contributed by atoms with van der Waals surface area (Å²) in [6, 6.07) is 18.4. The van der Waals surface area contributed by atoms with Crippen molar-refractivity contribution in [2.24, 2.45) is 0 Å². The number of hydrogen-bond donors (Lipinski definition) is 1. The van der Waals surface area contributed by atoms with Crippen LogP contribution in [0.25, 0.3) is 0 Å². The van der Waals surface area contributed by atoms with Crippen molar-refractivity contribution in [3.63, 3.8) is 0 Å². The fourth-order valence-electron chi connectivity index (χ4n) is 2.26. The molecule has 0 aromatic heterocycles. The Labute approximate surface area is 117 Å². The second-order valence-electron chi connectivity index (χ2n) is 4.62. The van der Waals surface area contributed by atoms with Crippen molar-refractivity contribution < 1.29 is 0 Å². The lowest BCUT2D eigenvalue weighted by Crippen LogP contribution is -2.15. The van der Waals surface area contributed by atoms with Gasteiger partial charge in [-0.25, -0.2) is 0 Å². The molecule has 1 aliphatic rings. The van der Waals surface area contributed by atoms with Crippen molar-refractivity contribution in [3.8, 4) is 6.07 Å². The van der Waals surface area contributed by atoms with Gasteiger partial charge in [-0.1, -0.05) is 18.2 Å². The Bertz CT molecular complexity index is 588. The van der Waals surface area contributed by atoms with Gasteiger partial charge in [0.1, 0.15) is 0 Å². The van der Waals surface area contributed by atoms with E-state index < -0.39 is 0 Å². The minimum absolute atomic E-state index is 0.591. The molecule has 1 atom stereocenters. The molecule has 2 aromatic rings. The predicted molar refractivity (Wildman–Crippen MR) is 79.4 cm³/mol. The predicted octanol–water partition coefficient (Wildman–Crippen LogP) is 3.69. The average Bonchev–Trinajstić information content (AvgIpc) is 2.88. The number of hydrogen-bond acceptors (Lipinski definition) is 3. The summed E-state index contributed by atoms with van der Waals surface area (Å²) >= 11 is 1.95. The summed E-state index contributed by atoms with van der Waals surface area (Å²) in [5, 5.41) is 12.8. The maximum absolute atomic E-state index is 8.76. The molecular formula is C16H14N2S. The van der Waals surface area contributed by atoms with E-state index in [1.54, 1.807) is 0 Å². The molecule has 2 nitrogen and oxygen atoms in total. The summed E-state index contributed by atoms with van der Waals surface area (Å²) in [6.07, 6.45) is 1.13. The maximum atomic E-state index is 8.76. The average molecular weight is 266 g/mol. The molecule has 3 rings (SSSR count). The number of nitriles is 1. The summed E-state index contributed by atoms with van der Waals surface area (Å²) in [4.78, 5) is 1.41. The van der Waals surface area contributed by atoms with E-state index in [-0.39, 0.29) is 0 Å². The van der Waals surface area contributed by atoms with E-state index in [0.29, 0.717) is 10.8 Å². The monoisotopic (exact) mass is 266 g/mol. The molecule has 19 heavy (non-hydrogen) atoms. The molecule has 0 spiro atoms. The Balaban J connectivity index is 1.58. The first-order valence-corrected chi connectivity index (χ1v) is 7.22. The van der Waals surface area contributed by atoms with Crippen LogP contribution in [0.2, 0.25) is 0 Å². The molecule has 0 fully saturated rings. The van der Waals surface area contributed by atoms with Crippen LogP contribution in [0.3, 0.4) is 0 Å². The van der Waals surface area contributed by atoms with E-state index in [0.717, 1.165) is 18.7 Å². The number of nitrogens with zero attached hydrogens (tertiary/aromatic N) is 1. The molecule has 1 heterocycles. The topological polar surface area (TPSA) is 35.8 Å². The highest BCUT2D eigenvalue weighted by Gasteiger charge is 2.21. The first-order chi connectivity index (χ1) is 9.35. The van der Waals surface area contributed by atoms with Crippen molar-refractivity contribution >= 4 is 17.4 Å². The van der Waals surface area contributed by atoms with Crippen LogP contribution in [0.4, 0.5) is 5.69 Å². The fourth-order valence-corrected chi connectivity index (χ4v) is 3.51. The molecule has 1 N–H and O–H groups in total. The molecule has 3 heteroatoms. The van der Waals surface area contributed by atoms with Gasteiger partial charge in [0, 0.05) is 22.4 Å². The highest BCUT2D eigenvalue weighted by Crippen LogP contribution is 2.36. The third kappa shape index (κ3) is 2.74. The van der Waals surface area contributed by atoms with Crippen LogP contribution >= 0.6 is 11.8 Å². The van der Waals surface area contributed by atoms with Gasteiger partial charge in [-0.2, -0.15) is 5.26 Å². The van der Waals surface area contributed by atoms with Gasteiger partial charge in [0.05, 0.1) is 11.6 Å². The number of nitrogens with one attached hydrogen (secondary N) is 1. The van der Waals surface area contributed by atoms with Gasteiger partial charge in [-0.05, 0) is 42.3 Å². The van der Waals surface area contributed by atoms with Gasteiger partial charge >= 0.3 is 0 Å². The van der Waals surface area contributed by atoms with Crippen LogP contribution in [0, 0.1) is 11.3 Å². The van der Waals surface area contributed by atoms with E-state index in [2.05, 4.69) is 35.7 Å². The van der Waals surface area contributed by atoms with Crippen LogP contribution < -0.4 is 5.32 Å². The zero-order valence-corrected chi connectivity index (χ0v) is 11.3. The van der Waals surface area contributed by atoms with Crippen molar-refractivity contribution in [1.29, 1.82) is 5.26 Å². The highest BCUT2D eigenvalue weighted by molar-refractivity contribution is 8.00. The van der Waals surface area contributed by atoms with Crippen LogP contribution in [0.5, 0.6) is 0 Å². The van der Waals surface area contributed by atoms with Crippen LogP contribution in [0.15, 0.2) is 53.4 Å². The molecular weight excluding hydrogens is 252 g/mol. The lowest BCUT2D eigenvalue weighted by molar-refractivity contribution is 0.899. The molecule has 0 saturated carbocycles. The minimum atomic E-state index is 0.591. The van der Waals surface area contributed by atoms with Crippen LogP contribution in [-0.2, 0) is 6.42 Å². The first kappa shape index (κ1) is 12.1. The van der Waals surface area contributed by atoms with Gasteiger partial charge in [0.25, 0.3) is 0 Å². The second kappa shape index (κ2) is 5.38. The van der Waals surface area contributed by atoms with E-state index >= 15 is 0 Å². The minimum Gasteiger partial charge on any atom is -0.384 e. The Morgan fingerprint density at radius 3 is 2.68 bits per heavy atom. The molecule has 1 unspecified atom stereocenters. The zero-order chi connectivity index (χ0) is 13.1. The standard InChI is InChI=1S/C16H14N2S/c17-10-12-5-7-14(8-6-12)18-11-15-9-13-3-1-2-4-16(13)19-15/h1-8,15,18H,9,11H2. The Morgan fingerprint density at radius 2 is 1.95 bits per heavy atom. The molecule has 0 radical (unpaired) electrons. The number of fused-ring (bicyclic) bond motifs is 1. The summed E-state index contributed by atoms with van der Waals surface area (Å²) in [5.74, 6) is 0. The third-order valence-electron chi connectivity index (χ3n) is 3.26. The Morgan fingerprint density at radius 1 is 1.16 bits per heavy atom. The van der Waals surface area contributed by atoms with E-state index in [9.17, 15) is 0 Å². The quantitative estimate of drug-likeness (QED) is 0.920. The Hall–Kier alpha value is -1.92. The Kier molecular flexibility index (Phi) is 3.43. The van der Waals surface area contributed by atoms with Gasteiger partial charge in [-0.15, -0.1) is 11.8 Å². The maximum Gasteiger partial charge on any atom is 0.0991 e. The van der Waals surface area contributed by atoms with Gasteiger partial charge in [-0.3, -0.25) is 0 Å². The fraction of sp³-hybridized carbons (Fsp3) is 0.188. The first-order valence-electron chi connectivity index (χ1n) is 6.34. The summed E-state index contributed by atoms with van der Waals surface area (Å²) < 4.78 is 0. The molecule has 0 aliphatic carbocycles. The molecule has 0 amide bonds. The van der Waals surface area contributed by atoms with Crippen LogP contribution in [-0.4, -0.2) is 11.8 Å². The normalized spacial score (nSPS) is 16.7. The molecule has 2 aromatic carbocycles. The lowest BCUT2D eigenvalue weighted by Gasteiger charge is -2.11. The third-order valence-corrected chi connectivity index (χ3v) is 4.58. The van der Waals surface area contributed by atoms with Gasteiger partial charge < -0.3 is 5.32 Å². The summed E-state index contributed by atoms with van der Waals surface area (Å²) in [6.45, 7) is 0.950. The second-order valence-corrected chi connectivity index (χ2v) is 5.96. The van der Waals surface area contributed by atoms with E-state index in [4.69, 9.17) is 5.26 Å². The van der Waals surface area contributed by atoms with Crippen molar-refractivity contribution in [2.75, 3.05) is 11.9 Å². The van der Waals surface area contributed by atoms with Crippen molar-refractivity contribution in [1.82, 2.24) is 0 Å². The van der Waals surface area contributed by atoms with Gasteiger partial charge in [0.2, 0.25) is 0 Å². The lowest BCUT2D eigenvalue weighted by atomic mass is 10.1. The number of thioether (sulfide) groups is 1. The smallest absolute Gasteiger partial charge is 0.0991 e. The highest BCUT2D eigenvalue weighted by atomic mass is 32.2. The van der Waals surface area contributed by atoms with E-state index in [1.165, 1.54) is 10.5 Å². The largest absolute Gasteiger partial charge is 0.384 e. The zero-order valence-electron chi connectivity index (χ0n) is 10.5. The van der Waals surface area contributed by atoms with E-state index in [1.807, 2.05) is 36.0 Å². The summed E-state index contributed by atoms with van der Waals surface area (Å²) in [7, 11) is 0. The molecule has 1 aliphatic heterocycles. The van der Waals surface area contributed by atoms with Crippen LogP contribution in [0.1, 0.15) is 11.1 Å². The SMILES string of the molecule is N#Cc1ccc(NCC2Cc3ccccc3S2)cc1.